The number of nitrogens with one attached hydrogen (secondary N) is 1. The molecule has 2 aromatic rings. The Morgan fingerprint density at radius 2 is 1.83 bits per heavy atom. The van der Waals surface area contributed by atoms with Gasteiger partial charge >= 0.3 is 0 Å². The zero-order valence-electron chi connectivity index (χ0n) is 18.0. The largest absolute Gasteiger partial charge is 0.354 e. The number of benzene rings is 2. The number of thioether (sulfide) groups is 1. The van der Waals surface area contributed by atoms with Gasteiger partial charge in [-0.1, -0.05) is 71.7 Å². The smallest absolute Gasteiger partial charge is 0.242 e. The number of carbonyl (C=O) groups is 2. The highest BCUT2D eigenvalue weighted by Crippen LogP contribution is 2.19. The fourth-order valence-corrected chi connectivity index (χ4v) is 4.35. The molecule has 0 aliphatic carbocycles. The second-order valence-electron chi connectivity index (χ2n) is 7.35. The van der Waals surface area contributed by atoms with Crippen LogP contribution in [0.25, 0.3) is 0 Å². The predicted octanol–water partition coefficient (Wildman–Crippen LogP) is 5.32. The van der Waals surface area contributed by atoms with E-state index in [1.807, 2.05) is 51.1 Å². The van der Waals surface area contributed by atoms with Gasteiger partial charge < -0.3 is 10.2 Å². The average Bonchev–Trinajstić information content (AvgIpc) is 2.73. The summed E-state index contributed by atoms with van der Waals surface area (Å²) in [6.07, 6.45) is 1.46. The molecule has 2 rings (SSSR count). The number of hydrogen-bond donors (Lipinski definition) is 1. The zero-order valence-corrected chi connectivity index (χ0v) is 20.4. The molecule has 0 saturated carbocycles. The summed E-state index contributed by atoms with van der Waals surface area (Å²) in [5.74, 6) is 1.03. The summed E-state index contributed by atoms with van der Waals surface area (Å²) in [5.41, 5.74) is 3.37. The summed E-state index contributed by atoms with van der Waals surface area (Å²) < 4.78 is 1.04. The van der Waals surface area contributed by atoms with Crippen molar-refractivity contribution in [1.82, 2.24) is 10.2 Å². The molecule has 0 saturated heterocycles. The van der Waals surface area contributed by atoms with E-state index in [9.17, 15) is 9.59 Å². The number of carbonyl (C=O) groups excluding carboxylic acids is 2. The minimum Gasteiger partial charge on any atom is -0.354 e. The molecule has 0 fully saturated rings. The van der Waals surface area contributed by atoms with Crippen molar-refractivity contribution in [2.45, 2.75) is 52.0 Å². The van der Waals surface area contributed by atoms with Crippen LogP contribution < -0.4 is 5.32 Å². The lowest BCUT2D eigenvalue weighted by Gasteiger charge is -2.30. The van der Waals surface area contributed by atoms with E-state index in [1.54, 1.807) is 16.7 Å². The van der Waals surface area contributed by atoms with Crippen molar-refractivity contribution in [3.05, 3.63) is 69.7 Å². The molecule has 0 bridgehead atoms. The Morgan fingerprint density at radius 1 is 1.10 bits per heavy atom. The van der Waals surface area contributed by atoms with Crippen LogP contribution >= 0.6 is 27.7 Å². The van der Waals surface area contributed by atoms with E-state index in [-0.39, 0.29) is 11.8 Å². The van der Waals surface area contributed by atoms with Gasteiger partial charge in [-0.15, -0.1) is 11.8 Å². The average molecular weight is 491 g/mol. The lowest BCUT2D eigenvalue weighted by atomic mass is 10.1. The summed E-state index contributed by atoms with van der Waals surface area (Å²) in [7, 11) is 0. The molecule has 0 aromatic heterocycles. The second-order valence-corrected chi connectivity index (χ2v) is 9.25. The van der Waals surface area contributed by atoms with Gasteiger partial charge in [-0.2, -0.15) is 0 Å². The van der Waals surface area contributed by atoms with Gasteiger partial charge in [0.15, 0.2) is 0 Å². The number of aryl methyl sites for hydroxylation is 1. The van der Waals surface area contributed by atoms with Crippen LogP contribution in [0.15, 0.2) is 53.0 Å². The first-order valence-corrected chi connectivity index (χ1v) is 12.3. The molecule has 0 radical (unpaired) electrons. The minimum absolute atomic E-state index is 0.00267. The van der Waals surface area contributed by atoms with Gasteiger partial charge in [0, 0.05) is 23.3 Å². The third-order valence-electron chi connectivity index (χ3n) is 4.78. The number of rotatable bonds is 11. The molecule has 0 aliphatic rings. The summed E-state index contributed by atoms with van der Waals surface area (Å²) in [6.45, 7) is 7.09. The Labute approximate surface area is 192 Å². The van der Waals surface area contributed by atoms with E-state index in [0.717, 1.165) is 27.8 Å². The molecule has 0 heterocycles. The zero-order chi connectivity index (χ0) is 21.9. The van der Waals surface area contributed by atoms with Crippen LogP contribution in [0.4, 0.5) is 0 Å². The van der Waals surface area contributed by atoms with Crippen molar-refractivity contribution in [2.24, 2.45) is 0 Å². The molecule has 1 atom stereocenters. The first kappa shape index (κ1) is 24.5. The van der Waals surface area contributed by atoms with E-state index >= 15 is 0 Å². The Morgan fingerprint density at radius 3 is 2.47 bits per heavy atom. The van der Waals surface area contributed by atoms with E-state index in [1.165, 1.54) is 5.56 Å². The van der Waals surface area contributed by atoms with Gasteiger partial charge in [0.05, 0.1) is 5.75 Å². The van der Waals surface area contributed by atoms with Gasteiger partial charge in [-0.3, -0.25) is 9.59 Å². The van der Waals surface area contributed by atoms with Crippen LogP contribution in [0, 0.1) is 6.92 Å². The topological polar surface area (TPSA) is 49.4 Å². The molecule has 162 valence electrons. The van der Waals surface area contributed by atoms with Gasteiger partial charge in [-0.25, -0.2) is 0 Å². The van der Waals surface area contributed by atoms with Crippen LogP contribution in [0.2, 0.25) is 0 Å². The molecular weight excluding hydrogens is 460 g/mol. The maximum Gasteiger partial charge on any atom is 0.242 e. The predicted molar refractivity (Wildman–Crippen MR) is 129 cm³/mol. The maximum absolute atomic E-state index is 13.2. The van der Waals surface area contributed by atoms with E-state index < -0.39 is 6.04 Å². The molecule has 30 heavy (non-hydrogen) atoms. The van der Waals surface area contributed by atoms with Gasteiger partial charge in [0.1, 0.15) is 6.04 Å². The van der Waals surface area contributed by atoms with Crippen LogP contribution in [0.5, 0.6) is 0 Å². The molecule has 6 heteroatoms. The van der Waals surface area contributed by atoms with E-state index in [0.29, 0.717) is 25.3 Å². The molecule has 0 aliphatic heterocycles. The third-order valence-corrected chi connectivity index (χ3v) is 6.30. The third kappa shape index (κ3) is 7.80. The normalized spacial score (nSPS) is 11.7. The molecule has 4 nitrogen and oxygen atoms in total. The standard InChI is InChI=1S/C24H31BrN2O2S/c1-4-13-26-24(29)22(5-2)27(15-20-8-6-7-18(3)14-20)23(28)17-30-16-19-9-11-21(25)12-10-19/h6-12,14,22H,4-5,13,15-17H2,1-3H3,(H,26,29). The number of nitrogens with zero attached hydrogens (tertiary/aromatic N) is 1. The minimum atomic E-state index is -0.460. The lowest BCUT2D eigenvalue weighted by molar-refractivity contribution is -0.139. The highest BCUT2D eigenvalue weighted by molar-refractivity contribution is 9.10. The van der Waals surface area contributed by atoms with E-state index in [2.05, 4.69) is 39.4 Å². The summed E-state index contributed by atoms with van der Waals surface area (Å²) >= 11 is 5.02. The van der Waals surface area contributed by atoms with Crippen LogP contribution in [-0.4, -0.2) is 35.1 Å². The van der Waals surface area contributed by atoms with Crippen molar-refractivity contribution in [2.75, 3.05) is 12.3 Å². The lowest BCUT2D eigenvalue weighted by Crippen LogP contribution is -2.49. The van der Waals surface area contributed by atoms with Gasteiger partial charge in [0.25, 0.3) is 0 Å². The summed E-state index contributed by atoms with van der Waals surface area (Å²) in [5, 5.41) is 2.96. The molecule has 2 aromatic carbocycles. The van der Waals surface area contributed by atoms with Crippen molar-refractivity contribution in [3.8, 4) is 0 Å². The molecular formula is C24H31BrN2O2S. The summed E-state index contributed by atoms with van der Waals surface area (Å²) in [6, 6.07) is 15.8. The Hall–Kier alpha value is -1.79. The molecule has 0 spiro atoms. The van der Waals surface area contributed by atoms with Gasteiger partial charge in [0.2, 0.25) is 11.8 Å². The van der Waals surface area contributed by atoms with Crippen LogP contribution in [0.3, 0.4) is 0 Å². The highest BCUT2D eigenvalue weighted by atomic mass is 79.9. The maximum atomic E-state index is 13.2. The molecule has 1 N–H and O–H groups in total. The first-order valence-electron chi connectivity index (χ1n) is 10.4. The van der Waals surface area contributed by atoms with E-state index in [4.69, 9.17) is 0 Å². The van der Waals surface area contributed by atoms with Gasteiger partial charge in [-0.05, 0) is 43.0 Å². The van der Waals surface area contributed by atoms with Crippen molar-refractivity contribution < 1.29 is 9.59 Å². The second kappa shape index (κ2) is 12.8. The Bertz CT molecular complexity index is 826. The first-order chi connectivity index (χ1) is 14.4. The number of hydrogen-bond acceptors (Lipinski definition) is 3. The number of amides is 2. The Balaban J connectivity index is 2.10. The quantitative estimate of drug-likeness (QED) is 0.463. The monoisotopic (exact) mass is 490 g/mol. The van der Waals surface area contributed by atoms with Crippen molar-refractivity contribution in [3.63, 3.8) is 0 Å². The highest BCUT2D eigenvalue weighted by Gasteiger charge is 2.28. The fourth-order valence-electron chi connectivity index (χ4n) is 3.21. The molecule has 1 unspecified atom stereocenters. The van der Waals surface area contributed by atoms with Crippen molar-refractivity contribution in [1.29, 1.82) is 0 Å². The number of halogens is 1. The van der Waals surface area contributed by atoms with Crippen molar-refractivity contribution >= 4 is 39.5 Å². The Kier molecular flexibility index (Phi) is 10.4. The molecule has 2 amide bonds. The SMILES string of the molecule is CCCNC(=O)C(CC)N(Cc1cccc(C)c1)C(=O)CSCc1ccc(Br)cc1. The van der Waals surface area contributed by atoms with Crippen LogP contribution in [0.1, 0.15) is 43.4 Å². The fraction of sp³-hybridized carbons (Fsp3) is 0.417. The van der Waals surface area contributed by atoms with Crippen LogP contribution in [-0.2, 0) is 21.9 Å². The summed E-state index contributed by atoms with van der Waals surface area (Å²) in [4.78, 5) is 27.7.